The van der Waals surface area contributed by atoms with Crippen LogP contribution in [0.4, 0.5) is 0 Å². The average Bonchev–Trinajstić information content (AvgIpc) is 2.79. The summed E-state index contributed by atoms with van der Waals surface area (Å²) in [5.41, 5.74) is 8.22. The zero-order chi connectivity index (χ0) is 14.8. The van der Waals surface area contributed by atoms with Crippen LogP contribution in [0.3, 0.4) is 0 Å². The van der Waals surface area contributed by atoms with Gasteiger partial charge in [-0.1, -0.05) is 35.9 Å². The standard InChI is InChI=1S/C16H14ClN3O/c17-12-7-5-11(6-8-12)9-16-19-13-3-1-2-4-14(13)20(16)10-15(18)21/h1-8H,9-10H2,(H2,18,21). The fourth-order valence-electron chi connectivity index (χ4n) is 2.38. The van der Waals surface area contributed by atoms with Crippen molar-refractivity contribution >= 4 is 28.5 Å². The Bertz CT molecular complexity index is 793. The van der Waals surface area contributed by atoms with E-state index in [0.717, 1.165) is 22.4 Å². The number of benzene rings is 2. The Morgan fingerprint density at radius 3 is 2.57 bits per heavy atom. The first-order valence-electron chi connectivity index (χ1n) is 6.60. The van der Waals surface area contributed by atoms with Crippen molar-refractivity contribution in [3.05, 3.63) is 64.9 Å². The predicted octanol–water partition coefficient (Wildman–Crippen LogP) is 2.77. The van der Waals surface area contributed by atoms with Gasteiger partial charge in [-0.15, -0.1) is 0 Å². The van der Waals surface area contributed by atoms with Gasteiger partial charge in [0, 0.05) is 11.4 Å². The molecule has 0 aliphatic heterocycles. The van der Waals surface area contributed by atoms with Crippen molar-refractivity contribution in [2.75, 3.05) is 0 Å². The Morgan fingerprint density at radius 1 is 1.14 bits per heavy atom. The van der Waals surface area contributed by atoms with E-state index in [1.165, 1.54) is 0 Å². The highest BCUT2D eigenvalue weighted by molar-refractivity contribution is 6.30. The molecule has 21 heavy (non-hydrogen) atoms. The molecule has 0 fully saturated rings. The van der Waals surface area contributed by atoms with Gasteiger partial charge in [0.25, 0.3) is 0 Å². The van der Waals surface area contributed by atoms with Crippen LogP contribution >= 0.6 is 11.6 Å². The van der Waals surface area contributed by atoms with Crippen LogP contribution in [0.1, 0.15) is 11.4 Å². The first-order valence-corrected chi connectivity index (χ1v) is 6.98. The number of rotatable bonds is 4. The van der Waals surface area contributed by atoms with Crippen LogP contribution in [-0.2, 0) is 17.8 Å². The molecule has 2 N–H and O–H groups in total. The Morgan fingerprint density at radius 2 is 1.86 bits per heavy atom. The topological polar surface area (TPSA) is 60.9 Å². The molecule has 1 aromatic heterocycles. The number of primary amides is 1. The number of amides is 1. The molecule has 0 radical (unpaired) electrons. The molecule has 0 aliphatic carbocycles. The molecule has 1 amide bonds. The molecule has 1 heterocycles. The van der Waals surface area contributed by atoms with Crippen LogP contribution in [-0.4, -0.2) is 15.5 Å². The summed E-state index contributed by atoms with van der Waals surface area (Å²) in [4.78, 5) is 15.9. The first kappa shape index (κ1) is 13.6. The zero-order valence-corrected chi connectivity index (χ0v) is 12.0. The Hall–Kier alpha value is -2.33. The lowest BCUT2D eigenvalue weighted by molar-refractivity contribution is -0.118. The van der Waals surface area contributed by atoms with Gasteiger partial charge in [0.05, 0.1) is 11.0 Å². The third-order valence-electron chi connectivity index (χ3n) is 3.32. The Kier molecular flexibility index (Phi) is 3.62. The Balaban J connectivity index is 2.04. The van der Waals surface area contributed by atoms with Crippen molar-refractivity contribution < 1.29 is 4.79 Å². The molecule has 3 rings (SSSR count). The maximum Gasteiger partial charge on any atom is 0.237 e. The summed E-state index contributed by atoms with van der Waals surface area (Å²) in [6, 6.07) is 15.3. The second-order valence-electron chi connectivity index (χ2n) is 4.87. The largest absolute Gasteiger partial charge is 0.368 e. The second-order valence-corrected chi connectivity index (χ2v) is 5.31. The van der Waals surface area contributed by atoms with E-state index in [9.17, 15) is 4.79 Å². The van der Waals surface area contributed by atoms with Crippen LogP contribution in [0.5, 0.6) is 0 Å². The lowest BCUT2D eigenvalue weighted by Gasteiger charge is -2.07. The molecular weight excluding hydrogens is 286 g/mol. The van der Waals surface area contributed by atoms with E-state index in [1.807, 2.05) is 53.1 Å². The lowest BCUT2D eigenvalue weighted by atomic mass is 10.1. The van der Waals surface area contributed by atoms with Crippen molar-refractivity contribution in [3.8, 4) is 0 Å². The first-order chi connectivity index (χ1) is 10.1. The third kappa shape index (κ3) is 2.90. The van der Waals surface area contributed by atoms with Gasteiger partial charge in [0.1, 0.15) is 12.4 Å². The van der Waals surface area contributed by atoms with E-state index >= 15 is 0 Å². The summed E-state index contributed by atoms with van der Waals surface area (Å²) in [5, 5.41) is 0.699. The minimum absolute atomic E-state index is 0.128. The van der Waals surface area contributed by atoms with E-state index in [-0.39, 0.29) is 12.5 Å². The Labute approximate surface area is 127 Å². The van der Waals surface area contributed by atoms with E-state index in [1.54, 1.807) is 0 Å². The molecule has 0 saturated carbocycles. The molecule has 3 aromatic rings. The number of hydrogen-bond acceptors (Lipinski definition) is 2. The highest BCUT2D eigenvalue weighted by Gasteiger charge is 2.12. The van der Waals surface area contributed by atoms with Gasteiger partial charge in [0.15, 0.2) is 0 Å². The maximum absolute atomic E-state index is 11.3. The number of carbonyl (C=O) groups is 1. The lowest BCUT2D eigenvalue weighted by Crippen LogP contribution is -2.20. The molecule has 5 heteroatoms. The number of imidazole rings is 1. The monoisotopic (exact) mass is 299 g/mol. The van der Waals surface area contributed by atoms with Gasteiger partial charge in [-0.25, -0.2) is 4.98 Å². The zero-order valence-electron chi connectivity index (χ0n) is 11.3. The molecule has 0 atom stereocenters. The van der Waals surface area contributed by atoms with Gasteiger partial charge >= 0.3 is 0 Å². The summed E-state index contributed by atoms with van der Waals surface area (Å²) >= 11 is 5.90. The van der Waals surface area contributed by atoms with Gasteiger partial charge in [-0.2, -0.15) is 0 Å². The third-order valence-corrected chi connectivity index (χ3v) is 3.58. The minimum Gasteiger partial charge on any atom is -0.368 e. The second kappa shape index (κ2) is 5.58. The van der Waals surface area contributed by atoms with Crippen LogP contribution in [0.15, 0.2) is 48.5 Å². The summed E-state index contributed by atoms with van der Waals surface area (Å²) in [6.07, 6.45) is 0.624. The SMILES string of the molecule is NC(=O)Cn1c(Cc2ccc(Cl)cc2)nc2ccccc21. The summed E-state index contributed by atoms with van der Waals surface area (Å²) in [6.45, 7) is 0.128. The van der Waals surface area contributed by atoms with Crippen molar-refractivity contribution in [3.63, 3.8) is 0 Å². The highest BCUT2D eigenvalue weighted by Crippen LogP contribution is 2.19. The van der Waals surface area contributed by atoms with Crippen LogP contribution in [0.2, 0.25) is 5.02 Å². The van der Waals surface area contributed by atoms with Crippen molar-refractivity contribution in [1.29, 1.82) is 0 Å². The summed E-state index contributed by atoms with van der Waals surface area (Å²) in [7, 11) is 0. The van der Waals surface area contributed by atoms with Gasteiger partial charge < -0.3 is 10.3 Å². The number of hydrogen-bond donors (Lipinski definition) is 1. The van der Waals surface area contributed by atoms with Crippen LogP contribution < -0.4 is 5.73 Å². The molecule has 0 saturated heterocycles. The van der Waals surface area contributed by atoms with Gasteiger partial charge in [-0.05, 0) is 29.8 Å². The average molecular weight is 300 g/mol. The smallest absolute Gasteiger partial charge is 0.237 e. The molecule has 0 bridgehead atoms. The van der Waals surface area contributed by atoms with Crippen LogP contribution in [0.25, 0.3) is 11.0 Å². The molecule has 2 aromatic carbocycles. The van der Waals surface area contributed by atoms with E-state index < -0.39 is 0 Å². The maximum atomic E-state index is 11.3. The molecule has 0 spiro atoms. The number of nitrogens with two attached hydrogens (primary N) is 1. The molecular formula is C16H14ClN3O. The normalized spacial score (nSPS) is 10.9. The van der Waals surface area contributed by atoms with Crippen LogP contribution in [0, 0.1) is 0 Å². The summed E-state index contributed by atoms with van der Waals surface area (Å²) in [5.74, 6) is 0.438. The predicted molar refractivity (Wildman–Crippen MR) is 83.2 cm³/mol. The highest BCUT2D eigenvalue weighted by atomic mass is 35.5. The molecule has 106 valence electrons. The molecule has 4 nitrogen and oxygen atoms in total. The summed E-state index contributed by atoms with van der Waals surface area (Å²) < 4.78 is 1.87. The van der Waals surface area contributed by atoms with Crippen molar-refractivity contribution in [2.45, 2.75) is 13.0 Å². The number of carbonyl (C=O) groups excluding carboxylic acids is 1. The van der Waals surface area contributed by atoms with Crippen molar-refractivity contribution in [2.24, 2.45) is 5.73 Å². The number of fused-ring (bicyclic) bond motifs is 1. The number of nitrogens with zero attached hydrogens (tertiary/aromatic N) is 2. The van der Waals surface area contributed by atoms with Gasteiger partial charge in [-0.3, -0.25) is 4.79 Å². The van der Waals surface area contributed by atoms with E-state index in [0.29, 0.717) is 11.4 Å². The number of aromatic nitrogens is 2. The van der Waals surface area contributed by atoms with Crippen molar-refractivity contribution in [1.82, 2.24) is 9.55 Å². The fraction of sp³-hybridized carbons (Fsp3) is 0.125. The minimum atomic E-state index is -0.379. The molecule has 0 unspecified atom stereocenters. The number of halogens is 1. The molecule has 0 aliphatic rings. The van der Waals surface area contributed by atoms with E-state index in [4.69, 9.17) is 17.3 Å². The number of para-hydroxylation sites is 2. The van der Waals surface area contributed by atoms with Gasteiger partial charge in [0.2, 0.25) is 5.91 Å². The quantitative estimate of drug-likeness (QED) is 0.805. The van der Waals surface area contributed by atoms with E-state index in [2.05, 4.69) is 4.98 Å². The fourth-order valence-corrected chi connectivity index (χ4v) is 2.50.